The van der Waals surface area contributed by atoms with E-state index >= 15 is 0 Å². The summed E-state index contributed by atoms with van der Waals surface area (Å²) >= 11 is 0. The Kier molecular flexibility index (Phi) is 2.63. The first-order valence-electron chi connectivity index (χ1n) is 2.38. The van der Waals surface area contributed by atoms with Gasteiger partial charge in [-0.05, 0) is 0 Å². The molecule has 0 rings (SSSR count). The second-order valence-electron chi connectivity index (χ2n) is 1.74. The Morgan fingerprint density at radius 1 is 1.67 bits per heavy atom. The molecule has 9 heavy (non-hydrogen) atoms. The van der Waals surface area contributed by atoms with Gasteiger partial charge in [-0.15, -0.1) is 0 Å². The second-order valence-corrected chi connectivity index (χ2v) is 1.74. The molecule has 0 unspecified atom stereocenters. The lowest BCUT2D eigenvalue weighted by molar-refractivity contribution is -0.492. The van der Waals surface area contributed by atoms with Crippen molar-refractivity contribution in [3.63, 3.8) is 0 Å². The van der Waals surface area contributed by atoms with Crippen LogP contribution in [-0.4, -0.2) is 36.9 Å². The highest BCUT2D eigenvalue weighted by Gasteiger charge is 2.02. The van der Waals surface area contributed by atoms with Gasteiger partial charge in [0.1, 0.15) is 0 Å². The fraction of sp³-hybridized carbons (Fsp3) is 0.750. The van der Waals surface area contributed by atoms with E-state index in [0.29, 0.717) is 0 Å². The van der Waals surface area contributed by atoms with Crippen molar-refractivity contribution >= 4 is 6.03 Å². The van der Waals surface area contributed by atoms with E-state index in [0.717, 1.165) is 7.05 Å². The van der Waals surface area contributed by atoms with Crippen molar-refractivity contribution in [3.8, 4) is 0 Å². The lowest BCUT2D eigenvalue weighted by Gasteiger charge is -2.01. The van der Waals surface area contributed by atoms with Crippen LogP contribution in [0.3, 0.4) is 0 Å². The number of carbonyl (C=O) groups is 1. The van der Waals surface area contributed by atoms with Crippen LogP contribution in [0.2, 0.25) is 0 Å². The Hall–Kier alpha value is -1.13. The van der Waals surface area contributed by atoms with E-state index in [1.807, 2.05) is 0 Å². The summed E-state index contributed by atoms with van der Waals surface area (Å²) in [7, 11) is 4.20. The quantitative estimate of drug-likeness (QED) is 0.269. The Morgan fingerprint density at radius 2 is 2.11 bits per heavy atom. The lowest BCUT2D eigenvalue weighted by Crippen LogP contribution is -2.18. The first-order valence-corrected chi connectivity index (χ1v) is 2.38. The van der Waals surface area contributed by atoms with Gasteiger partial charge in [-0.25, -0.2) is 4.79 Å². The summed E-state index contributed by atoms with van der Waals surface area (Å²) in [5.74, 6) is 0. The van der Waals surface area contributed by atoms with Crippen molar-refractivity contribution in [1.82, 2.24) is 4.90 Å². The predicted molar refractivity (Wildman–Crippen MR) is 31.1 cm³/mol. The maximum atomic E-state index is 10.5. The topological polar surface area (TPSA) is 58.7 Å². The molecule has 0 aliphatic rings. The maximum Gasteiger partial charge on any atom is 0.403 e. The van der Waals surface area contributed by atoms with Gasteiger partial charge in [-0.3, -0.25) is 0 Å². The highest BCUT2D eigenvalue weighted by atomic mass is 16.5. The van der Waals surface area contributed by atoms with Gasteiger partial charge in [0.05, 0.1) is 5.11 Å². The molecule has 0 aliphatic carbocycles. The van der Waals surface area contributed by atoms with Crippen LogP contribution in [0.25, 0.3) is 0 Å². The third-order valence-corrected chi connectivity index (χ3v) is 0.609. The zero-order valence-corrected chi connectivity index (χ0v) is 5.66. The minimum Gasteiger partial charge on any atom is -0.600 e. The molecule has 52 valence electrons. The van der Waals surface area contributed by atoms with Crippen LogP contribution in [0, 0.1) is 5.21 Å². The van der Waals surface area contributed by atoms with Gasteiger partial charge < -0.3 is 10.1 Å². The molecule has 0 saturated heterocycles. The summed E-state index contributed by atoms with van der Waals surface area (Å²) in [5, 5.41) is 13.1. The molecule has 0 radical (unpaired) electrons. The van der Waals surface area contributed by atoms with E-state index < -0.39 is 6.03 Å². The van der Waals surface area contributed by atoms with Crippen molar-refractivity contribution in [2.24, 2.45) is 5.11 Å². The van der Waals surface area contributed by atoms with Gasteiger partial charge in [-0.2, -0.15) is 0 Å². The van der Waals surface area contributed by atoms with Gasteiger partial charge in [0.2, 0.25) is 0 Å². The SMILES string of the molecule is CN(C)C(=O)/N=[N+](/C)[O-]. The molecule has 5 heteroatoms. The van der Waals surface area contributed by atoms with Crippen LogP contribution in [0.1, 0.15) is 0 Å². The second kappa shape index (κ2) is 3.01. The highest BCUT2D eigenvalue weighted by molar-refractivity contribution is 5.73. The number of urea groups is 1. The summed E-state index contributed by atoms with van der Waals surface area (Å²) in [6, 6.07) is -0.549. The minimum absolute atomic E-state index is 0.225. The summed E-state index contributed by atoms with van der Waals surface area (Å²) < 4.78 is 0. The summed E-state index contributed by atoms with van der Waals surface area (Å²) in [4.78, 5) is 11.9. The van der Waals surface area contributed by atoms with Gasteiger partial charge in [-0.1, -0.05) is 4.86 Å². The minimum atomic E-state index is -0.549. The van der Waals surface area contributed by atoms with Crippen LogP contribution in [0.15, 0.2) is 5.11 Å². The molecule has 0 spiro atoms. The van der Waals surface area contributed by atoms with Crippen LogP contribution in [0.5, 0.6) is 0 Å². The molecular formula is C4H9N3O2. The number of rotatable bonds is 0. The summed E-state index contributed by atoms with van der Waals surface area (Å²) in [6.07, 6.45) is 0. The van der Waals surface area contributed by atoms with Gasteiger partial charge in [0, 0.05) is 14.1 Å². The first kappa shape index (κ1) is 7.87. The molecular weight excluding hydrogens is 122 g/mol. The highest BCUT2D eigenvalue weighted by Crippen LogP contribution is 1.82. The Labute approximate surface area is 53.2 Å². The molecule has 0 heterocycles. The van der Waals surface area contributed by atoms with Crippen molar-refractivity contribution in [3.05, 3.63) is 5.21 Å². The Balaban J connectivity index is 3.93. The standard InChI is InChI=1S/C4H9N3O2/c1-6(2)4(8)5-7(3)9/h1-3H3/b7-5-. The van der Waals surface area contributed by atoms with E-state index in [4.69, 9.17) is 0 Å². The zero-order valence-electron chi connectivity index (χ0n) is 5.66. The molecule has 2 amide bonds. The molecule has 0 atom stereocenters. The van der Waals surface area contributed by atoms with Crippen molar-refractivity contribution in [1.29, 1.82) is 0 Å². The summed E-state index contributed by atoms with van der Waals surface area (Å²) in [6.45, 7) is 0. The third-order valence-electron chi connectivity index (χ3n) is 0.609. The van der Waals surface area contributed by atoms with Crippen LogP contribution in [0.4, 0.5) is 4.79 Å². The normalized spacial score (nSPS) is 11.2. The maximum absolute atomic E-state index is 10.5. The largest absolute Gasteiger partial charge is 0.600 e. The van der Waals surface area contributed by atoms with E-state index in [-0.39, 0.29) is 4.86 Å². The lowest BCUT2D eigenvalue weighted by atomic mass is 10.9. The molecule has 0 fully saturated rings. The molecule has 0 N–H and O–H groups in total. The monoisotopic (exact) mass is 131 g/mol. The van der Waals surface area contributed by atoms with Gasteiger partial charge >= 0.3 is 6.03 Å². The average Bonchev–Trinajstić information content (AvgIpc) is 1.63. The number of hydrogen-bond donors (Lipinski definition) is 0. The molecule has 0 aliphatic heterocycles. The van der Waals surface area contributed by atoms with Crippen LogP contribution in [-0.2, 0) is 0 Å². The number of carbonyl (C=O) groups excluding carboxylic acids is 1. The number of hydrogen-bond acceptors (Lipinski definition) is 2. The molecule has 0 bridgehead atoms. The Morgan fingerprint density at radius 3 is 2.22 bits per heavy atom. The zero-order chi connectivity index (χ0) is 7.44. The molecule has 0 aromatic rings. The fourth-order valence-electron chi connectivity index (χ4n) is 0.210. The van der Waals surface area contributed by atoms with Crippen molar-refractivity contribution in [2.75, 3.05) is 21.1 Å². The molecule has 5 nitrogen and oxygen atoms in total. The van der Waals surface area contributed by atoms with E-state index in [1.165, 1.54) is 19.0 Å². The van der Waals surface area contributed by atoms with E-state index in [2.05, 4.69) is 5.11 Å². The average molecular weight is 131 g/mol. The first-order chi connectivity index (χ1) is 4.04. The van der Waals surface area contributed by atoms with Crippen LogP contribution >= 0.6 is 0 Å². The van der Waals surface area contributed by atoms with Crippen LogP contribution < -0.4 is 0 Å². The summed E-state index contributed by atoms with van der Waals surface area (Å²) in [5.41, 5.74) is 0. The fourth-order valence-corrected chi connectivity index (χ4v) is 0.210. The van der Waals surface area contributed by atoms with Crippen molar-refractivity contribution in [2.45, 2.75) is 0 Å². The molecule has 0 aromatic heterocycles. The smallest absolute Gasteiger partial charge is 0.403 e. The van der Waals surface area contributed by atoms with E-state index in [1.54, 1.807) is 0 Å². The van der Waals surface area contributed by atoms with Gasteiger partial charge in [0.25, 0.3) is 0 Å². The van der Waals surface area contributed by atoms with E-state index in [9.17, 15) is 10.0 Å². The van der Waals surface area contributed by atoms with Crippen molar-refractivity contribution < 1.29 is 9.66 Å². The molecule has 0 saturated carbocycles. The predicted octanol–water partition coefficient (Wildman–Crippen LogP) is 0.260. The number of nitrogens with zero attached hydrogens (tertiary/aromatic N) is 3. The Bertz CT molecular complexity index is 137. The number of azo groups is 1. The van der Waals surface area contributed by atoms with Gasteiger partial charge in [0.15, 0.2) is 7.05 Å². The number of hydroxylamine groups is 1. The third kappa shape index (κ3) is 3.45. The number of amides is 2. The molecule has 0 aromatic carbocycles.